The number of nitrogens with zero attached hydrogens (tertiary/aromatic N) is 3. The van der Waals surface area contributed by atoms with Crippen LogP contribution in [-0.4, -0.2) is 24.3 Å². The van der Waals surface area contributed by atoms with E-state index < -0.39 is 15.9 Å². The number of halogens is 1. The summed E-state index contributed by atoms with van der Waals surface area (Å²) in [4.78, 5) is 19.9. The summed E-state index contributed by atoms with van der Waals surface area (Å²) >= 11 is 3.19. The molecule has 1 amide bonds. The van der Waals surface area contributed by atoms with Crippen molar-refractivity contribution in [2.75, 3.05) is 10.6 Å². The number of nitriles is 1. The molecule has 25 heavy (non-hydrogen) atoms. The molecule has 4 N–H and O–H groups in total. The van der Waals surface area contributed by atoms with Gasteiger partial charge >= 0.3 is 0 Å². The average molecular weight is 423 g/mol. The SMILES string of the molecule is N#C/C(=C/Nc1ncc(Br)cn1)C(=O)Nc1ccc(S(N)(=O)=O)cc1. The Morgan fingerprint density at radius 1 is 1.24 bits per heavy atom. The van der Waals surface area contributed by atoms with Crippen LogP contribution >= 0.6 is 15.9 Å². The van der Waals surface area contributed by atoms with Gasteiger partial charge in [-0.2, -0.15) is 5.26 Å². The molecule has 2 rings (SSSR count). The van der Waals surface area contributed by atoms with Gasteiger partial charge in [-0.3, -0.25) is 4.79 Å². The molecule has 0 unspecified atom stereocenters. The summed E-state index contributed by atoms with van der Waals surface area (Å²) in [6.07, 6.45) is 4.17. The van der Waals surface area contributed by atoms with Crippen LogP contribution in [0, 0.1) is 11.3 Å². The van der Waals surface area contributed by atoms with Gasteiger partial charge in [0.15, 0.2) is 0 Å². The molecule has 0 saturated carbocycles. The van der Waals surface area contributed by atoms with Crippen molar-refractivity contribution < 1.29 is 13.2 Å². The van der Waals surface area contributed by atoms with Gasteiger partial charge in [0.05, 0.1) is 9.37 Å². The fourth-order valence-corrected chi connectivity index (χ4v) is 2.32. The molecule has 0 aliphatic heterocycles. The molecule has 0 bridgehead atoms. The fourth-order valence-electron chi connectivity index (χ4n) is 1.60. The third-order valence-electron chi connectivity index (χ3n) is 2.77. The van der Waals surface area contributed by atoms with Gasteiger partial charge in [0.25, 0.3) is 5.91 Å². The first kappa shape index (κ1) is 18.5. The minimum Gasteiger partial charge on any atom is -0.329 e. The number of carbonyl (C=O) groups excluding carboxylic acids is 1. The number of nitrogens with two attached hydrogens (primary N) is 1. The molecule has 2 aromatic rings. The van der Waals surface area contributed by atoms with Gasteiger partial charge < -0.3 is 10.6 Å². The minimum absolute atomic E-state index is 0.0874. The highest BCUT2D eigenvalue weighted by Crippen LogP contribution is 2.14. The average Bonchev–Trinajstić information content (AvgIpc) is 2.56. The third-order valence-corrected chi connectivity index (χ3v) is 4.11. The molecule has 0 aliphatic rings. The van der Waals surface area contributed by atoms with Gasteiger partial charge in [-0.05, 0) is 40.2 Å². The summed E-state index contributed by atoms with van der Waals surface area (Å²) in [6, 6.07) is 6.95. The number of anilines is 2. The summed E-state index contributed by atoms with van der Waals surface area (Å²) in [6.45, 7) is 0. The van der Waals surface area contributed by atoms with E-state index in [0.717, 1.165) is 6.20 Å². The topological polar surface area (TPSA) is 151 Å². The second-order valence-corrected chi connectivity index (χ2v) is 7.04. The lowest BCUT2D eigenvalue weighted by molar-refractivity contribution is -0.112. The molecule has 0 spiro atoms. The Hall–Kier alpha value is -2.81. The van der Waals surface area contributed by atoms with Gasteiger partial charge in [-0.15, -0.1) is 0 Å². The largest absolute Gasteiger partial charge is 0.329 e. The number of hydrogen-bond donors (Lipinski definition) is 3. The first-order valence-corrected chi connectivity index (χ1v) is 8.92. The van der Waals surface area contributed by atoms with Crippen molar-refractivity contribution in [3.63, 3.8) is 0 Å². The summed E-state index contributed by atoms with van der Waals surface area (Å²) in [7, 11) is -3.82. The number of rotatable bonds is 5. The highest BCUT2D eigenvalue weighted by molar-refractivity contribution is 9.10. The number of carbonyl (C=O) groups is 1. The number of hydrogen-bond acceptors (Lipinski definition) is 7. The first-order chi connectivity index (χ1) is 11.8. The molecule has 11 heteroatoms. The highest BCUT2D eigenvalue weighted by atomic mass is 79.9. The quantitative estimate of drug-likeness (QED) is 0.485. The van der Waals surface area contributed by atoms with Crippen molar-refractivity contribution in [3.05, 3.63) is 52.9 Å². The van der Waals surface area contributed by atoms with Crippen LogP contribution in [-0.2, 0) is 14.8 Å². The molecule has 1 heterocycles. The zero-order valence-corrected chi connectivity index (χ0v) is 14.9. The van der Waals surface area contributed by atoms with Gasteiger partial charge in [-0.1, -0.05) is 0 Å². The number of amides is 1. The smallest absolute Gasteiger partial charge is 0.267 e. The Labute approximate surface area is 151 Å². The van der Waals surface area contributed by atoms with Gasteiger partial charge in [-0.25, -0.2) is 23.5 Å². The second kappa shape index (κ2) is 7.84. The van der Waals surface area contributed by atoms with E-state index in [9.17, 15) is 13.2 Å². The fraction of sp³-hybridized carbons (Fsp3) is 0. The Balaban J connectivity index is 2.08. The predicted molar refractivity (Wildman–Crippen MR) is 93.5 cm³/mol. The predicted octanol–water partition coefficient (Wildman–Crippen LogP) is 1.34. The molecular weight excluding hydrogens is 412 g/mol. The van der Waals surface area contributed by atoms with Crippen molar-refractivity contribution in [2.24, 2.45) is 5.14 Å². The molecule has 0 radical (unpaired) electrons. The number of aromatic nitrogens is 2. The highest BCUT2D eigenvalue weighted by Gasteiger charge is 2.11. The Morgan fingerprint density at radius 3 is 2.36 bits per heavy atom. The van der Waals surface area contributed by atoms with Gasteiger partial charge in [0, 0.05) is 24.3 Å². The van der Waals surface area contributed by atoms with Crippen molar-refractivity contribution in [2.45, 2.75) is 4.90 Å². The standard InChI is InChI=1S/C14H11BrN6O3S/c15-10-7-19-14(20-8-10)18-6-9(5-16)13(22)21-11-1-3-12(4-2-11)25(17,23)24/h1-4,6-8H,(H,21,22)(H2,17,23,24)(H,18,19,20)/b9-6-. The van der Waals surface area contributed by atoms with Gasteiger partial charge in [0.1, 0.15) is 11.6 Å². The monoisotopic (exact) mass is 422 g/mol. The molecule has 0 atom stereocenters. The Bertz CT molecular complexity index is 950. The van der Waals surface area contributed by atoms with E-state index in [2.05, 4.69) is 36.5 Å². The van der Waals surface area contributed by atoms with E-state index in [-0.39, 0.29) is 16.4 Å². The number of primary sulfonamides is 1. The maximum absolute atomic E-state index is 12.1. The Kier molecular flexibility index (Phi) is 5.81. The third kappa shape index (κ3) is 5.35. The van der Waals surface area contributed by atoms with Crippen LogP contribution < -0.4 is 15.8 Å². The van der Waals surface area contributed by atoms with E-state index in [1.54, 1.807) is 6.07 Å². The molecule has 0 saturated heterocycles. The molecular formula is C14H11BrN6O3S. The van der Waals surface area contributed by atoms with Crippen molar-refractivity contribution in [1.82, 2.24) is 9.97 Å². The lowest BCUT2D eigenvalue weighted by Crippen LogP contribution is -2.15. The van der Waals surface area contributed by atoms with Crippen LogP contribution in [0.1, 0.15) is 0 Å². The van der Waals surface area contributed by atoms with Crippen molar-refractivity contribution in [3.8, 4) is 6.07 Å². The molecule has 1 aromatic carbocycles. The summed E-state index contributed by atoms with van der Waals surface area (Å²) in [5.41, 5.74) is 0.0838. The molecule has 9 nitrogen and oxygen atoms in total. The summed E-state index contributed by atoms with van der Waals surface area (Å²) in [5.74, 6) is -0.475. The first-order valence-electron chi connectivity index (χ1n) is 6.58. The van der Waals surface area contributed by atoms with Crippen molar-refractivity contribution >= 4 is 43.5 Å². The zero-order chi connectivity index (χ0) is 18.4. The molecule has 128 valence electrons. The van der Waals surface area contributed by atoms with Crippen LogP contribution in [0.5, 0.6) is 0 Å². The number of benzene rings is 1. The molecule has 0 aliphatic carbocycles. The number of sulfonamides is 1. The van der Waals surface area contributed by atoms with E-state index in [1.807, 2.05) is 0 Å². The lowest BCUT2D eigenvalue weighted by atomic mass is 10.2. The van der Waals surface area contributed by atoms with Crippen LogP contribution in [0.3, 0.4) is 0 Å². The van der Waals surface area contributed by atoms with Crippen LogP contribution in [0.4, 0.5) is 11.6 Å². The number of nitrogens with one attached hydrogen (secondary N) is 2. The van der Waals surface area contributed by atoms with Crippen LogP contribution in [0.2, 0.25) is 0 Å². The Morgan fingerprint density at radius 2 is 1.84 bits per heavy atom. The van der Waals surface area contributed by atoms with Crippen LogP contribution in [0.25, 0.3) is 0 Å². The van der Waals surface area contributed by atoms with Crippen molar-refractivity contribution in [1.29, 1.82) is 5.26 Å². The molecule has 0 fully saturated rings. The van der Waals surface area contributed by atoms with E-state index in [0.29, 0.717) is 10.2 Å². The maximum atomic E-state index is 12.1. The van der Waals surface area contributed by atoms with Crippen LogP contribution in [0.15, 0.2) is 57.8 Å². The van der Waals surface area contributed by atoms with Gasteiger partial charge in [0.2, 0.25) is 16.0 Å². The normalized spacial score (nSPS) is 11.5. The second-order valence-electron chi connectivity index (χ2n) is 4.56. The zero-order valence-electron chi connectivity index (χ0n) is 12.5. The molecule has 1 aromatic heterocycles. The minimum atomic E-state index is -3.82. The maximum Gasteiger partial charge on any atom is 0.267 e. The van der Waals surface area contributed by atoms with E-state index in [1.165, 1.54) is 36.7 Å². The summed E-state index contributed by atoms with van der Waals surface area (Å²) < 4.78 is 23.0. The lowest BCUT2D eigenvalue weighted by Gasteiger charge is -2.05. The van der Waals surface area contributed by atoms with E-state index in [4.69, 9.17) is 10.4 Å². The summed E-state index contributed by atoms with van der Waals surface area (Å²) in [5, 5.41) is 19.2. The van der Waals surface area contributed by atoms with E-state index >= 15 is 0 Å².